The van der Waals surface area contributed by atoms with Crippen molar-refractivity contribution in [2.75, 3.05) is 13.2 Å². The Labute approximate surface area is 279 Å². The average molecular weight is 632 g/mol. The molecule has 2 heterocycles. The van der Waals surface area contributed by atoms with Crippen LogP contribution in [0.4, 0.5) is 0 Å². The van der Waals surface area contributed by atoms with Gasteiger partial charge in [0.2, 0.25) is 6.33 Å². The van der Waals surface area contributed by atoms with Crippen LogP contribution in [0.15, 0.2) is 67.3 Å². The number of imidazole rings is 1. The molecule has 6 nitrogen and oxygen atoms in total. The molecule has 1 saturated heterocycles. The van der Waals surface area contributed by atoms with Gasteiger partial charge in [0.1, 0.15) is 23.9 Å². The maximum absolute atomic E-state index is 13.9. The molecule has 253 valence electrons. The number of hydrogen-bond donors (Lipinski definition) is 0. The van der Waals surface area contributed by atoms with E-state index in [-0.39, 0.29) is 0 Å². The molecule has 0 spiro atoms. The number of hydroxylamine groups is 2. The molecule has 6 heteroatoms. The van der Waals surface area contributed by atoms with Gasteiger partial charge in [-0.25, -0.2) is 9.13 Å². The minimum atomic E-state index is -0.579. The fourth-order valence-corrected chi connectivity index (χ4v) is 6.93. The van der Waals surface area contributed by atoms with Crippen LogP contribution in [0.5, 0.6) is 11.5 Å². The van der Waals surface area contributed by atoms with Gasteiger partial charge in [0.25, 0.3) is 0 Å². The number of unbranched alkanes of at least 4 members (excludes halogenated alkanes) is 12. The standard InChI is InChI=1S/C40H61N3O3/c1-5-6-7-8-9-10-11-12-13-14-15-17-32-45-37-23-19-35(20-24-37)39(2)27-28-40(3,43(39)44)36-21-25-38(26-22-36)46-33-18-16-29-42-31-30-41(4)34-42/h19-26,30-31,34H,5-18,27-29,32-33H2,1-4H3/q+1/t39-,40-/m1/s1. The van der Waals surface area contributed by atoms with Crippen LogP contribution in [0.1, 0.15) is 135 Å². The molecule has 3 aromatic rings. The van der Waals surface area contributed by atoms with Crippen molar-refractivity contribution < 1.29 is 19.2 Å². The molecule has 46 heavy (non-hydrogen) atoms. The Balaban J connectivity index is 1.14. The van der Waals surface area contributed by atoms with Crippen LogP contribution in [0.3, 0.4) is 0 Å². The number of nitrogens with zero attached hydrogens (tertiary/aromatic N) is 3. The van der Waals surface area contributed by atoms with Crippen LogP contribution in [0, 0.1) is 0 Å². The summed E-state index contributed by atoms with van der Waals surface area (Å²) in [5, 5.41) is 15.3. The number of benzene rings is 2. The summed E-state index contributed by atoms with van der Waals surface area (Å²) in [5.74, 6) is 1.75. The van der Waals surface area contributed by atoms with Gasteiger partial charge in [0.05, 0.1) is 37.9 Å². The van der Waals surface area contributed by atoms with E-state index < -0.39 is 11.1 Å². The molecule has 0 amide bonds. The van der Waals surface area contributed by atoms with Gasteiger partial charge in [-0.05, 0) is 81.3 Å². The first-order valence-corrected chi connectivity index (χ1v) is 18.3. The highest BCUT2D eigenvalue weighted by atomic mass is 16.5. The van der Waals surface area contributed by atoms with Crippen LogP contribution in [0.2, 0.25) is 0 Å². The summed E-state index contributed by atoms with van der Waals surface area (Å²) in [7, 11) is 2.04. The normalized spacial score (nSPS) is 19.9. The zero-order valence-electron chi connectivity index (χ0n) is 29.4. The Morgan fingerprint density at radius 3 is 1.52 bits per heavy atom. The lowest BCUT2D eigenvalue weighted by atomic mass is 9.89. The lowest BCUT2D eigenvalue weighted by Gasteiger charge is -2.37. The minimum Gasteiger partial charge on any atom is -0.494 e. The van der Waals surface area contributed by atoms with Crippen molar-refractivity contribution in [1.82, 2.24) is 9.63 Å². The van der Waals surface area contributed by atoms with Crippen molar-refractivity contribution in [3.8, 4) is 11.5 Å². The van der Waals surface area contributed by atoms with Gasteiger partial charge in [-0.2, -0.15) is 0 Å². The van der Waals surface area contributed by atoms with E-state index in [4.69, 9.17) is 9.47 Å². The number of hydrogen-bond acceptors (Lipinski definition) is 3. The van der Waals surface area contributed by atoms with Gasteiger partial charge in [0, 0.05) is 0 Å². The molecule has 0 aliphatic carbocycles. The predicted molar refractivity (Wildman–Crippen MR) is 186 cm³/mol. The third kappa shape index (κ3) is 10.3. The first-order chi connectivity index (χ1) is 22.3. The van der Waals surface area contributed by atoms with E-state index in [1.807, 2.05) is 31.3 Å². The fraction of sp³-hybridized carbons (Fsp3) is 0.625. The minimum absolute atomic E-state index is 0.575. The Morgan fingerprint density at radius 1 is 0.652 bits per heavy atom. The maximum atomic E-state index is 13.9. The van der Waals surface area contributed by atoms with E-state index in [1.165, 1.54) is 75.7 Å². The van der Waals surface area contributed by atoms with Gasteiger partial charge in [-0.15, -0.1) is 10.3 Å². The highest BCUT2D eigenvalue weighted by molar-refractivity contribution is 5.37. The zero-order valence-corrected chi connectivity index (χ0v) is 29.4. The van der Waals surface area contributed by atoms with Crippen molar-refractivity contribution in [1.29, 1.82) is 0 Å². The molecule has 0 bridgehead atoms. The van der Waals surface area contributed by atoms with Crippen molar-refractivity contribution in [3.63, 3.8) is 0 Å². The summed E-state index contributed by atoms with van der Waals surface area (Å²) >= 11 is 0. The molecule has 0 N–H and O–H groups in total. The summed E-state index contributed by atoms with van der Waals surface area (Å²) in [6, 6.07) is 16.4. The average Bonchev–Trinajstić information content (AvgIpc) is 3.60. The number of aryl methyl sites for hydroxylation is 2. The predicted octanol–water partition coefficient (Wildman–Crippen LogP) is 9.82. The Hall–Kier alpha value is -2.83. The molecule has 1 aliphatic heterocycles. The third-order valence-corrected chi connectivity index (χ3v) is 10.1. The van der Waals surface area contributed by atoms with Gasteiger partial charge >= 0.3 is 0 Å². The summed E-state index contributed by atoms with van der Waals surface area (Å²) < 4.78 is 16.3. The molecule has 0 saturated carbocycles. The second-order valence-corrected chi connectivity index (χ2v) is 14.0. The van der Waals surface area contributed by atoms with Crippen molar-refractivity contribution in [2.45, 2.75) is 141 Å². The van der Waals surface area contributed by atoms with Crippen LogP contribution in [0.25, 0.3) is 0 Å². The highest BCUT2D eigenvalue weighted by Gasteiger charge is 2.52. The smallest absolute Gasteiger partial charge is 0.243 e. The van der Waals surface area contributed by atoms with Crippen molar-refractivity contribution in [2.24, 2.45) is 7.05 Å². The number of rotatable bonds is 22. The van der Waals surface area contributed by atoms with E-state index in [1.54, 1.807) is 0 Å². The molecular formula is C40H61N3O3+. The molecule has 0 unspecified atom stereocenters. The van der Waals surface area contributed by atoms with Crippen LogP contribution in [-0.2, 0) is 29.9 Å². The van der Waals surface area contributed by atoms with E-state index in [0.29, 0.717) is 6.61 Å². The zero-order chi connectivity index (χ0) is 32.7. The first-order valence-electron chi connectivity index (χ1n) is 18.3. The fourth-order valence-electron chi connectivity index (χ4n) is 6.93. The summed E-state index contributed by atoms with van der Waals surface area (Å²) in [6.45, 7) is 8.88. The SMILES string of the molecule is CCCCCCCCCCCCCCOc1ccc([C@@]2(C)CC[C@](C)(c3ccc(OCCCCn4cc[n+](C)c4)cc3)N2[O])cc1. The Kier molecular flexibility index (Phi) is 14.5. The second-order valence-electron chi connectivity index (χ2n) is 14.0. The molecule has 2 atom stereocenters. The van der Waals surface area contributed by atoms with Gasteiger partial charge < -0.3 is 9.47 Å². The number of aromatic nitrogens is 2. The van der Waals surface area contributed by atoms with E-state index in [0.717, 1.165) is 67.9 Å². The molecule has 4 rings (SSSR count). The van der Waals surface area contributed by atoms with E-state index in [2.05, 4.69) is 72.9 Å². The molecule has 1 fully saturated rings. The monoisotopic (exact) mass is 631 g/mol. The molecular weight excluding hydrogens is 570 g/mol. The molecule has 1 aliphatic rings. The summed E-state index contributed by atoms with van der Waals surface area (Å²) in [4.78, 5) is 0. The summed E-state index contributed by atoms with van der Waals surface area (Å²) in [5.41, 5.74) is 0.942. The Morgan fingerprint density at radius 2 is 1.09 bits per heavy atom. The lowest BCUT2D eigenvalue weighted by Crippen LogP contribution is -2.44. The van der Waals surface area contributed by atoms with Crippen LogP contribution >= 0.6 is 0 Å². The third-order valence-electron chi connectivity index (χ3n) is 10.1. The van der Waals surface area contributed by atoms with Crippen LogP contribution < -0.4 is 14.0 Å². The number of ether oxygens (including phenoxy) is 2. The lowest BCUT2D eigenvalue weighted by molar-refractivity contribution is -0.671. The Bertz CT molecular complexity index is 1260. The second kappa shape index (κ2) is 18.5. The van der Waals surface area contributed by atoms with Gasteiger partial charge in [-0.1, -0.05) is 102 Å². The van der Waals surface area contributed by atoms with E-state index >= 15 is 0 Å². The molecule has 2 aromatic carbocycles. The maximum Gasteiger partial charge on any atom is 0.243 e. The first kappa shape index (κ1) is 36.0. The topological polar surface area (TPSA) is 50.4 Å². The molecule has 1 aromatic heterocycles. The quantitative estimate of drug-likeness (QED) is 0.0819. The van der Waals surface area contributed by atoms with Crippen molar-refractivity contribution >= 4 is 0 Å². The van der Waals surface area contributed by atoms with Gasteiger partial charge in [-0.3, -0.25) is 0 Å². The van der Waals surface area contributed by atoms with E-state index in [9.17, 15) is 5.21 Å². The van der Waals surface area contributed by atoms with Crippen molar-refractivity contribution in [3.05, 3.63) is 78.4 Å². The summed E-state index contributed by atoms with van der Waals surface area (Å²) in [6.07, 6.45) is 26.1. The van der Waals surface area contributed by atoms with Gasteiger partial charge in [0.15, 0.2) is 0 Å². The molecule has 1 radical (unpaired) electrons. The highest BCUT2D eigenvalue weighted by Crippen LogP contribution is 2.51. The largest absolute Gasteiger partial charge is 0.494 e. The van der Waals surface area contributed by atoms with Crippen LogP contribution in [-0.4, -0.2) is 22.8 Å².